The Hall–Kier alpha value is -1.14. The summed E-state index contributed by atoms with van der Waals surface area (Å²) in [7, 11) is 1.43. The second-order valence-electron chi connectivity index (χ2n) is 3.47. The van der Waals surface area contributed by atoms with Gasteiger partial charge in [-0.2, -0.15) is 0 Å². The van der Waals surface area contributed by atoms with Gasteiger partial charge in [0, 0.05) is 26.7 Å². The molecule has 1 aliphatic heterocycles. The summed E-state index contributed by atoms with van der Waals surface area (Å²) in [6.07, 6.45) is -0.593. The Morgan fingerprint density at radius 2 is 2.27 bits per heavy atom. The monoisotopic (exact) mass is 216 g/mol. The van der Waals surface area contributed by atoms with Crippen molar-refractivity contribution in [3.05, 3.63) is 0 Å². The van der Waals surface area contributed by atoms with Crippen LogP contribution in [-0.4, -0.2) is 60.8 Å². The lowest BCUT2D eigenvalue weighted by molar-refractivity contribution is -0.155. The number of amides is 1. The Morgan fingerprint density at radius 3 is 2.80 bits per heavy atom. The van der Waals surface area contributed by atoms with Crippen LogP contribution < -0.4 is 5.32 Å². The number of carbonyl (C=O) groups excluding carboxylic acids is 1. The van der Waals surface area contributed by atoms with Gasteiger partial charge < -0.3 is 20.1 Å². The van der Waals surface area contributed by atoms with Gasteiger partial charge in [0.15, 0.2) is 0 Å². The van der Waals surface area contributed by atoms with Gasteiger partial charge in [-0.1, -0.05) is 0 Å². The first kappa shape index (κ1) is 11.9. The molecule has 1 heterocycles. The van der Waals surface area contributed by atoms with E-state index in [4.69, 9.17) is 9.84 Å². The second-order valence-corrected chi connectivity index (χ2v) is 3.47. The van der Waals surface area contributed by atoms with E-state index < -0.39 is 18.1 Å². The molecule has 0 aromatic rings. The van der Waals surface area contributed by atoms with Crippen molar-refractivity contribution in [3.8, 4) is 0 Å². The molecule has 0 spiro atoms. The maximum Gasteiger partial charge on any atom is 0.327 e. The van der Waals surface area contributed by atoms with E-state index in [1.54, 1.807) is 6.92 Å². The normalized spacial score (nSPS) is 23.6. The smallest absolute Gasteiger partial charge is 0.327 e. The Balaban J connectivity index is 2.71. The van der Waals surface area contributed by atoms with Crippen LogP contribution in [0.15, 0.2) is 0 Å². The van der Waals surface area contributed by atoms with Crippen molar-refractivity contribution < 1.29 is 19.4 Å². The molecule has 0 radical (unpaired) electrons. The first-order valence-corrected chi connectivity index (χ1v) is 4.84. The highest BCUT2D eigenvalue weighted by atomic mass is 16.5. The van der Waals surface area contributed by atoms with E-state index >= 15 is 0 Å². The minimum Gasteiger partial charge on any atom is -0.480 e. The van der Waals surface area contributed by atoms with Crippen molar-refractivity contribution in [2.45, 2.75) is 19.1 Å². The number of carboxylic acid groups (broad SMARTS) is 1. The maximum absolute atomic E-state index is 11.8. The Kier molecular flexibility index (Phi) is 4.05. The average molecular weight is 216 g/mol. The Bertz CT molecular complexity index is 256. The summed E-state index contributed by atoms with van der Waals surface area (Å²) >= 11 is 0. The van der Waals surface area contributed by atoms with Crippen molar-refractivity contribution in [2.24, 2.45) is 0 Å². The lowest BCUT2D eigenvalue weighted by atomic mass is 10.1. The SMILES string of the molecule is COC(C)C(=O)N1CCNCC1C(=O)O. The minimum atomic E-state index is -0.987. The average Bonchev–Trinajstić information content (AvgIpc) is 2.27. The Labute approximate surface area is 88.2 Å². The summed E-state index contributed by atoms with van der Waals surface area (Å²) < 4.78 is 4.89. The lowest BCUT2D eigenvalue weighted by Crippen LogP contribution is -2.58. The number of piperazine rings is 1. The molecule has 0 aromatic carbocycles. The van der Waals surface area contributed by atoms with E-state index in [1.807, 2.05) is 0 Å². The zero-order valence-electron chi connectivity index (χ0n) is 8.90. The maximum atomic E-state index is 11.8. The molecule has 1 aliphatic rings. The molecule has 0 aromatic heterocycles. The fourth-order valence-electron chi connectivity index (χ4n) is 1.52. The third kappa shape index (κ3) is 2.66. The molecule has 0 aliphatic carbocycles. The van der Waals surface area contributed by atoms with E-state index in [0.717, 1.165) is 0 Å². The molecule has 1 rings (SSSR count). The number of ether oxygens (including phenoxy) is 1. The van der Waals surface area contributed by atoms with E-state index in [1.165, 1.54) is 12.0 Å². The predicted octanol–water partition coefficient (Wildman–Crippen LogP) is -1.09. The molecular weight excluding hydrogens is 200 g/mol. The summed E-state index contributed by atoms with van der Waals surface area (Å²) in [6.45, 7) is 2.93. The number of hydrogen-bond acceptors (Lipinski definition) is 4. The third-order valence-electron chi connectivity index (χ3n) is 2.51. The van der Waals surface area contributed by atoms with Gasteiger partial charge in [-0.25, -0.2) is 4.79 Å². The Morgan fingerprint density at radius 1 is 1.60 bits per heavy atom. The van der Waals surface area contributed by atoms with Gasteiger partial charge >= 0.3 is 5.97 Å². The summed E-state index contributed by atoms with van der Waals surface area (Å²) in [5, 5.41) is 11.9. The third-order valence-corrected chi connectivity index (χ3v) is 2.51. The highest BCUT2D eigenvalue weighted by molar-refractivity contribution is 5.86. The van der Waals surface area contributed by atoms with Crippen LogP contribution in [0, 0.1) is 0 Å². The predicted molar refractivity (Wildman–Crippen MR) is 52.5 cm³/mol. The molecule has 1 fully saturated rings. The minimum absolute atomic E-state index is 0.272. The highest BCUT2D eigenvalue weighted by Crippen LogP contribution is 2.07. The topological polar surface area (TPSA) is 78.9 Å². The number of nitrogens with zero attached hydrogens (tertiary/aromatic N) is 1. The van der Waals surface area contributed by atoms with Crippen molar-refractivity contribution in [1.82, 2.24) is 10.2 Å². The number of aliphatic carboxylic acids is 1. The first-order valence-electron chi connectivity index (χ1n) is 4.84. The number of nitrogens with one attached hydrogen (secondary N) is 1. The molecule has 2 atom stereocenters. The van der Waals surface area contributed by atoms with Crippen LogP contribution >= 0.6 is 0 Å². The zero-order chi connectivity index (χ0) is 11.4. The molecular formula is C9H16N2O4. The quantitative estimate of drug-likeness (QED) is 0.626. The largest absolute Gasteiger partial charge is 0.480 e. The number of rotatable bonds is 3. The molecule has 86 valence electrons. The van der Waals surface area contributed by atoms with Crippen molar-refractivity contribution >= 4 is 11.9 Å². The molecule has 0 saturated carbocycles. The molecule has 1 amide bonds. The molecule has 1 saturated heterocycles. The van der Waals surface area contributed by atoms with E-state index in [2.05, 4.69) is 5.32 Å². The molecule has 2 unspecified atom stereocenters. The van der Waals surface area contributed by atoms with E-state index in [0.29, 0.717) is 13.1 Å². The first-order chi connectivity index (χ1) is 7.07. The number of carboxylic acids is 1. The van der Waals surface area contributed by atoms with Gasteiger partial charge in [-0.3, -0.25) is 4.79 Å². The van der Waals surface area contributed by atoms with Gasteiger partial charge in [-0.05, 0) is 6.92 Å². The molecule has 6 heteroatoms. The van der Waals surface area contributed by atoms with E-state index in [-0.39, 0.29) is 12.5 Å². The van der Waals surface area contributed by atoms with Crippen molar-refractivity contribution in [1.29, 1.82) is 0 Å². The van der Waals surface area contributed by atoms with Gasteiger partial charge in [0.05, 0.1) is 0 Å². The molecule has 15 heavy (non-hydrogen) atoms. The summed E-state index contributed by atoms with van der Waals surface area (Å²) in [5.74, 6) is -1.26. The van der Waals surface area contributed by atoms with Crippen LogP contribution in [-0.2, 0) is 14.3 Å². The fraction of sp³-hybridized carbons (Fsp3) is 0.778. The van der Waals surface area contributed by atoms with Crippen molar-refractivity contribution in [2.75, 3.05) is 26.7 Å². The van der Waals surface area contributed by atoms with Crippen LogP contribution in [0.1, 0.15) is 6.92 Å². The van der Waals surface area contributed by atoms with Gasteiger partial charge in [0.2, 0.25) is 0 Å². The number of carbonyl (C=O) groups is 2. The molecule has 6 nitrogen and oxygen atoms in total. The van der Waals surface area contributed by atoms with Crippen molar-refractivity contribution in [3.63, 3.8) is 0 Å². The van der Waals surface area contributed by atoms with Gasteiger partial charge in [0.25, 0.3) is 5.91 Å². The van der Waals surface area contributed by atoms with Crippen LogP contribution in [0.4, 0.5) is 0 Å². The molecule has 0 bridgehead atoms. The number of hydrogen-bond donors (Lipinski definition) is 2. The van der Waals surface area contributed by atoms with Crippen LogP contribution in [0.25, 0.3) is 0 Å². The summed E-state index contributed by atoms with van der Waals surface area (Å²) in [5.41, 5.74) is 0. The van der Waals surface area contributed by atoms with Gasteiger partial charge in [-0.15, -0.1) is 0 Å². The lowest BCUT2D eigenvalue weighted by Gasteiger charge is -2.34. The standard InChI is InChI=1S/C9H16N2O4/c1-6(15-2)8(12)11-4-3-10-5-7(11)9(13)14/h6-7,10H,3-5H2,1-2H3,(H,13,14). The molecule has 2 N–H and O–H groups in total. The highest BCUT2D eigenvalue weighted by Gasteiger charge is 2.33. The fourth-order valence-corrected chi connectivity index (χ4v) is 1.52. The zero-order valence-corrected chi connectivity index (χ0v) is 8.90. The van der Waals surface area contributed by atoms with Crippen LogP contribution in [0.3, 0.4) is 0 Å². The summed E-state index contributed by atoms with van der Waals surface area (Å²) in [6, 6.07) is -0.788. The van der Waals surface area contributed by atoms with Crippen LogP contribution in [0.5, 0.6) is 0 Å². The van der Waals surface area contributed by atoms with E-state index in [9.17, 15) is 9.59 Å². The second kappa shape index (κ2) is 5.09. The number of methoxy groups -OCH3 is 1. The van der Waals surface area contributed by atoms with Crippen LogP contribution in [0.2, 0.25) is 0 Å². The van der Waals surface area contributed by atoms with Gasteiger partial charge in [0.1, 0.15) is 12.1 Å². The summed E-state index contributed by atoms with van der Waals surface area (Å²) in [4.78, 5) is 24.0.